The molecule has 0 saturated carbocycles. The zero-order valence-corrected chi connectivity index (χ0v) is 14.1. The molecule has 9 heteroatoms. The summed E-state index contributed by atoms with van der Waals surface area (Å²) >= 11 is 6.01. The van der Waals surface area contributed by atoms with Gasteiger partial charge in [0, 0.05) is 23.2 Å². The summed E-state index contributed by atoms with van der Waals surface area (Å²) in [5.74, 6) is -0.553. The number of ether oxygens (including phenoxy) is 1. The van der Waals surface area contributed by atoms with Gasteiger partial charge in [-0.05, 0) is 32.9 Å². The zero-order valence-electron chi connectivity index (χ0n) is 13.4. The van der Waals surface area contributed by atoms with E-state index in [1.807, 2.05) is 13.8 Å². The lowest BCUT2D eigenvalue weighted by atomic mass is 10.2. The second kappa shape index (κ2) is 7.57. The molecule has 0 radical (unpaired) electrons. The molecule has 6 nitrogen and oxygen atoms in total. The Kier molecular flexibility index (Phi) is 5.71. The summed E-state index contributed by atoms with van der Waals surface area (Å²) in [5, 5.41) is 10.6. The van der Waals surface area contributed by atoms with E-state index in [1.165, 1.54) is 18.2 Å². The van der Waals surface area contributed by atoms with Gasteiger partial charge >= 0.3 is 6.61 Å². The summed E-state index contributed by atoms with van der Waals surface area (Å²) in [6.45, 7) is 2.51. The molecule has 0 unspecified atom stereocenters. The number of nitrogens with zero attached hydrogens (tertiary/aromatic N) is 3. The van der Waals surface area contributed by atoms with Crippen molar-refractivity contribution in [3.05, 3.63) is 40.2 Å². The van der Waals surface area contributed by atoms with Crippen molar-refractivity contribution < 1.29 is 18.3 Å². The standard InChI is InChI=1S/C15H17ClF2N4O2/c1-8(2)22-9(3)13(20-21-22)14(23)19-7-10-11(16)5-4-6-12(10)24-15(17)18/h4-6,8,15H,7H2,1-3H3,(H,19,23). The van der Waals surface area contributed by atoms with Gasteiger partial charge in [0.25, 0.3) is 5.91 Å². The van der Waals surface area contributed by atoms with E-state index in [0.29, 0.717) is 5.69 Å². The molecule has 0 aliphatic heterocycles. The minimum absolute atomic E-state index is 0.0636. The molecule has 2 aromatic rings. The number of hydrogen-bond acceptors (Lipinski definition) is 4. The number of halogens is 3. The van der Waals surface area contributed by atoms with Gasteiger partial charge in [0.05, 0.1) is 5.69 Å². The highest BCUT2D eigenvalue weighted by atomic mass is 35.5. The van der Waals surface area contributed by atoms with Gasteiger partial charge in [0.1, 0.15) is 5.75 Å². The van der Waals surface area contributed by atoms with Crippen LogP contribution in [0.25, 0.3) is 0 Å². The minimum atomic E-state index is -2.98. The van der Waals surface area contributed by atoms with E-state index >= 15 is 0 Å². The van der Waals surface area contributed by atoms with Crippen molar-refractivity contribution in [2.24, 2.45) is 0 Å². The van der Waals surface area contributed by atoms with E-state index in [9.17, 15) is 13.6 Å². The summed E-state index contributed by atoms with van der Waals surface area (Å²) in [5.41, 5.74) is 1.06. The number of rotatable bonds is 6. The number of hydrogen-bond donors (Lipinski definition) is 1. The summed E-state index contributed by atoms with van der Waals surface area (Å²) in [6.07, 6.45) is 0. The first-order valence-corrected chi connectivity index (χ1v) is 7.61. The highest BCUT2D eigenvalue weighted by Crippen LogP contribution is 2.27. The summed E-state index contributed by atoms with van der Waals surface area (Å²) < 4.78 is 31.0. The van der Waals surface area contributed by atoms with Gasteiger partial charge in [0.2, 0.25) is 0 Å². The Hall–Kier alpha value is -2.22. The van der Waals surface area contributed by atoms with E-state index < -0.39 is 12.5 Å². The van der Waals surface area contributed by atoms with Gasteiger partial charge in [-0.1, -0.05) is 22.9 Å². The van der Waals surface area contributed by atoms with Gasteiger partial charge < -0.3 is 10.1 Å². The molecule has 1 amide bonds. The molecule has 0 spiro atoms. The maximum atomic E-state index is 12.5. The van der Waals surface area contributed by atoms with E-state index in [-0.39, 0.29) is 34.6 Å². The average Bonchev–Trinajstić information content (AvgIpc) is 2.87. The lowest BCUT2D eigenvalue weighted by molar-refractivity contribution is -0.0504. The third-order valence-electron chi connectivity index (χ3n) is 3.35. The number of amides is 1. The molecule has 0 aliphatic carbocycles. The van der Waals surface area contributed by atoms with Crippen molar-refractivity contribution in [3.63, 3.8) is 0 Å². The molecule has 1 aromatic carbocycles. The summed E-state index contributed by atoms with van der Waals surface area (Å²) in [6, 6.07) is 4.44. The van der Waals surface area contributed by atoms with E-state index in [4.69, 9.17) is 11.6 Å². The molecule has 1 heterocycles. The van der Waals surface area contributed by atoms with Crippen LogP contribution < -0.4 is 10.1 Å². The topological polar surface area (TPSA) is 69.0 Å². The molecule has 1 N–H and O–H groups in total. The Morgan fingerprint density at radius 3 is 2.71 bits per heavy atom. The Balaban J connectivity index is 2.15. The molecular weight excluding hydrogens is 342 g/mol. The Morgan fingerprint density at radius 2 is 2.12 bits per heavy atom. The number of alkyl halides is 2. The molecule has 2 rings (SSSR count). The quantitative estimate of drug-likeness (QED) is 0.859. The smallest absolute Gasteiger partial charge is 0.387 e. The van der Waals surface area contributed by atoms with E-state index in [2.05, 4.69) is 20.4 Å². The summed E-state index contributed by atoms with van der Waals surface area (Å²) in [7, 11) is 0. The van der Waals surface area contributed by atoms with Crippen molar-refractivity contribution >= 4 is 17.5 Å². The van der Waals surface area contributed by atoms with Gasteiger partial charge in [-0.3, -0.25) is 4.79 Å². The minimum Gasteiger partial charge on any atom is -0.434 e. The monoisotopic (exact) mass is 358 g/mol. The summed E-state index contributed by atoms with van der Waals surface area (Å²) in [4.78, 5) is 12.3. The predicted molar refractivity (Wildman–Crippen MR) is 84.4 cm³/mol. The first-order chi connectivity index (χ1) is 11.3. The highest BCUT2D eigenvalue weighted by Gasteiger charge is 2.19. The normalized spacial score (nSPS) is 11.2. The first-order valence-electron chi connectivity index (χ1n) is 7.23. The molecule has 0 atom stereocenters. The maximum absolute atomic E-state index is 12.5. The van der Waals surface area contributed by atoms with Gasteiger partial charge in [-0.15, -0.1) is 5.10 Å². The number of aromatic nitrogens is 3. The van der Waals surface area contributed by atoms with Crippen molar-refractivity contribution in [1.82, 2.24) is 20.3 Å². The van der Waals surface area contributed by atoms with Crippen LogP contribution in [0.5, 0.6) is 5.75 Å². The van der Waals surface area contributed by atoms with Crippen LogP contribution in [0.3, 0.4) is 0 Å². The van der Waals surface area contributed by atoms with Crippen LogP contribution in [-0.4, -0.2) is 27.5 Å². The predicted octanol–water partition coefficient (Wildman–Crippen LogP) is 3.35. The Morgan fingerprint density at radius 1 is 1.42 bits per heavy atom. The highest BCUT2D eigenvalue weighted by molar-refractivity contribution is 6.31. The van der Waals surface area contributed by atoms with Crippen LogP contribution in [0.2, 0.25) is 5.02 Å². The number of carbonyl (C=O) groups is 1. The van der Waals surface area contributed by atoms with Crippen molar-refractivity contribution in [2.45, 2.75) is 40.0 Å². The second-order valence-electron chi connectivity index (χ2n) is 5.34. The van der Waals surface area contributed by atoms with Crippen LogP contribution in [0, 0.1) is 6.92 Å². The van der Waals surface area contributed by atoms with Crippen LogP contribution in [0.15, 0.2) is 18.2 Å². The van der Waals surface area contributed by atoms with Crippen LogP contribution in [0.1, 0.15) is 41.6 Å². The SMILES string of the molecule is Cc1c(C(=O)NCc2c(Cl)cccc2OC(F)F)nnn1C(C)C. The zero-order chi connectivity index (χ0) is 17.9. The van der Waals surface area contributed by atoms with Crippen LogP contribution >= 0.6 is 11.6 Å². The second-order valence-corrected chi connectivity index (χ2v) is 5.75. The van der Waals surface area contributed by atoms with Crippen LogP contribution in [0.4, 0.5) is 8.78 Å². The molecular formula is C15H17ClF2N4O2. The van der Waals surface area contributed by atoms with Gasteiger partial charge in [0.15, 0.2) is 5.69 Å². The first kappa shape index (κ1) is 18.1. The fourth-order valence-corrected chi connectivity index (χ4v) is 2.44. The molecule has 130 valence electrons. The number of carbonyl (C=O) groups excluding carboxylic acids is 1. The Bertz CT molecular complexity index is 734. The Labute approximate surface area is 142 Å². The van der Waals surface area contributed by atoms with E-state index in [1.54, 1.807) is 11.6 Å². The van der Waals surface area contributed by atoms with Gasteiger partial charge in [-0.25, -0.2) is 4.68 Å². The third-order valence-corrected chi connectivity index (χ3v) is 3.70. The number of nitrogens with one attached hydrogen (secondary N) is 1. The fourth-order valence-electron chi connectivity index (χ4n) is 2.21. The van der Waals surface area contributed by atoms with Gasteiger partial charge in [-0.2, -0.15) is 8.78 Å². The molecule has 0 fully saturated rings. The lowest BCUT2D eigenvalue weighted by Gasteiger charge is -2.13. The molecule has 0 bridgehead atoms. The fraction of sp³-hybridized carbons (Fsp3) is 0.400. The third kappa shape index (κ3) is 4.00. The lowest BCUT2D eigenvalue weighted by Crippen LogP contribution is -2.25. The van der Waals surface area contributed by atoms with Crippen molar-refractivity contribution in [2.75, 3.05) is 0 Å². The largest absolute Gasteiger partial charge is 0.434 e. The number of benzene rings is 1. The van der Waals surface area contributed by atoms with Crippen LogP contribution in [-0.2, 0) is 6.54 Å². The van der Waals surface area contributed by atoms with Crippen molar-refractivity contribution in [3.8, 4) is 5.75 Å². The average molecular weight is 359 g/mol. The molecule has 0 aliphatic rings. The maximum Gasteiger partial charge on any atom is 0.387 e. The molecule has 1 aromatic heterocycles. The molecule has 0 saturated heterocycles. The van der Waals surface area contributed by atoms with Crippen molar-refractivity contribution in [1.29, 1.82) is 0 Å². The van der Waals surface area contributed by atoms with E-state index in [0.717, 1.165) is 0 Å². The molecule has 24 heavy (non-hydrogen) atoms.